The van der Waals surface area contributed by atoms with Crippen LogP contribution >= 0.6 is 0 Å². The van der Waals surface area contributed by atoms with Crippen LogP contribution in [0.3, 0.4) is 0 Å². The SMILES string of the molecule is CN(Cc1cccnc1)C(=O)c1ccccc1-c1ncc(-c2ccccc2F)o1. The molecule has 0 aliphatic carbocycles. The standard InChI is InChI=1S/C23H18FN3O2/c1-27(15-16-7-6-12-25-13-16)23(28)18-9-3-2-8-17(18)22-26-14-21(29-22)19-10-4-5-11-20(19)24/h2-14H,15H2,1H3. The molecule has 144 valence electrons. The topological polar surface area (TPSA) is 59.2 Å². The van der Waals surface area contributed by atoms with Crippen LogP contribution in [-0.2, 0) is 6.54 Å². The van der Waals surface area contributed by atoms with Gasteiger partial charge in [0.15, 0.2) is 5.76 Å². The van der Waals surface area contributed by atoms with E-state index < -0.39 is 5.82 Å². The molecule has 0 fully saturated rings. The molecule has 0 saturated carbocycles. The second-order valence-corrected chi connectivity index (χ2v) is 6.58. The van der Waals surface area contributed by atoms with E-state index >= 15 is 0 Å². The quantitative estimate of drug-likeness (QED) is 0.493. The van der Waals surface area contributed by atoms with E-state index in [0.29, 0.717) is 29.0 Å². The Bertz CT molecular complexity index is 1140. The molecule has 0 spiro atoms. The van der Waals surface area contributed by atoms with Gasteiger partial charge >= 0.3 is 0 Å². The zero-order valence-corrected chi connectivity index (χ0v) is 15.7. The van der Waals surface area contributed by atoms with Crippen molar-refractivity contribution in [3.8, 4) is 22.8 Å². The first kappa shape index (κ1) is 18.6. The van der Waals surface area contributed by atoms with Crippen molar-refractivity contribution in [1.29, 1.82) is 0 Å². The van der Waals surface area contributed by atoms with Crippen LogP contribution in [0.2, 0.25) is 0 Å². The summed E-state index contributed by atoms with van der Waals surface area (Å²) < 4.78 is 19.8. The molecule has 0 radical (unpaired) electrons. The molecule has 4 rings (SSSR count). The molecule has 0 aliphatic rings. The molecule has 0 N–H and O–H groups in total. The van der Waals surface area contributed by atoms with Crippen LogP contribution in [0.25, 0.3) is 22.8 Å². The number of halogens is 1. The highest BCUT2D eigenvalue weighted by Gasteiger charge is 2.20. The van der Waals surface area contributed by atoms with Crippen LogP contribution in [0.15, 0.2) is 83.7 Å². The van der Waals surface area contributed by atoms with E-state index in [4.69, 9.17) is 4.42 Å². The molecule has 2 aromatic carbocycles. The van der Waals surface area contributed by atoms with Crippen molar-refractivity contribution in [1.82, 2.24) is 14.9 Å². The summed E-state index contributed by atoms with van der Waals surface area (Å²) in [5.74, 6) is 0.0110. The van der Waals surface area contributed by atoms with E-state index in [1.807, 2.05) is 12.1 Å². The zero-order valence-electron chi connectivity index (χ0n) is 15.7. The minimum atomic E-state index is -0.393. The Labute approximate surface area is 167 Å². The molecule has 4 aromatic rings. The Balaban J connectivity index is 1.64. The van der Waals surface area contributed by atoms with Crippen LogP contribution in [0, 0.1) is 5.82 Å². The van der Waals surface area contributed by atoms with Crippen molar-refractivity contribution in [2.45, 2.75) is 6.54 Å². The van der Waals surface area contributed by atoms with E-state index in [-0.39, 0.29) is 11.8 Å². The van der Waals surface area contributed by atoms with Gasteiger partial charge in [-0.15, -0.1) is 0 Å². The summed E-state index contributed by atoms with van der Waals surface area (Å²) in [5.41, 5.74) is 2.27. The lowest BCUT2D eigenvalue weighted by Gasteiger charge is -2.18. The normalized spacial score (nSPS) is 10.7. The van der Waals surface area contributed by atoms with Gasteiger partial charge in [-0.25, -0.2) is 9.37 Å². The van der Waals surface area contributed by atoms with E-state index in [1.165, 1.54) is 12.3 Å². The average molecular weight is 387 g/mol. The maximum absolute atomic E-state index is 14.1. The third-order valence-corrected chi connectivity index (χ3v) is 4.52. The van der Waals surface area contributed by atoms with Crippen LogP contribution in [0.4, 0.5) is 4.39 Å². The summed E-state index contributed by atoms with van der Waals surface area (Å²) in [7, 11) is 1.73. The number of oxazole rings is 1. The van der Waals surface area contributed by atoms with E-state index in [0.717, 1.165) is 5.56 Å². The Kier molecular flexibility index (Phi) is 5.16. The Morgan fingerprint density at radius 3 is 2.52 bits per heavy atom. The highest BCUT2D eigenvalue weighted by molar-refractivity contribution is 5.99. The number of rotatable bonds is 5. The highest BCUT2D eigenvalue weighted by Crippen LogP contribution is 2.30. The van der Waals surface area contributed by atoms with Crippen molar-refractivity contribution in [2.75, 3.05) is 7.05 Å². The number of benzene rings is 2. The zero-order chi connectivity index (χ0) is 20.2. The highest BCUT2D eigenvalue weighted by atomic mass is 19.1. The molecule has 0 aliphatic heterocycles. The summed E-state index contributed by atoms with van der Waals surface area (Å²) >= 11 is 0. The number of nitrogens with zero attached hydrogens (tertiary/aromatic N) is 3. The maximum atomic E-state index is 14.1. The van der Waals surface area contributed by atoms with E-state index in [1.54, 1.807) is 66.8 Å². The Hall–Kier alpha value is -3.80. The molecule has 0 unspecified atom stereocenters. The first-order valence-electron chi connectivity index (χ1n) is 9.08. The van der Waals surface area contributed by atoms with Gasteiger partial charge in [-0.05, 0) is 35.9 Å². The minimum absolute atomic E-state index is 0.171. The van der Waals surface area contributed by atoms with Gasteiger partial charge in [-0.2, -0.15) is 0 Å². The molecule has 5 nitrogen and oxygen atoms in total. The fourth-order valence-electron chi connectivity index (χ4n) is 3.08. The largest absolute Gasteiger partial charge is 0.436 e. The lowest BCUT2D eigenvalue weighted by Crippen LogP contribution is -2.26. The van der Waals surface area contributed by atoms with Crippen LogP contribution in [-0.4, -0.2) is 27.8 Å². The van der Waals surface area contributed by atoms with Gasteiger partial charge in [0.2, 0.25) is 5.89 Å². The van der Waals surface area contributed by atoms with E-state index in [9.17, 15) is 9.18 Å². The molecule has 6 heteroatoms. The van der Waals surface area contributed by atoms with Gasteiger partial charge in [0.05, 0.1) is 17.3 Å². The van der Waals surface area contributed by atoms with Gasteiger partial charge in [0.25, 0.3) is 5.91 Å². The summed E-state index contributed by atoms with van der Waals surface area (Å²) in [6.07, 6.45) is 4.88. The number of hydrogen-bond donors (Lipinski definition) is 0. The third-order valence-electron chi connectivity index (χ3n) is 4.52. The van der Waals surface area contributed by atoms with Crippen molar-refractivity contribution in [3.63, 3.8) is 0 Å². The van der Waals surface area contributed by atoms with Gasteiger partial charge < -0.3 is 9.32 Å². The summed E-state index contributed by atoms with van der Waals surface area (Å²) in [5, 5.41) is 0. The molecule has 29 heavy (non-hydrogen) atoms. The van der Waals surface area contributed by atoms with Crippen molar-refractivity contribution < 1.29 is 13.6 Å². The summed E-state index contributed by atoms with van der Waals surface area (Å²) in [6, 6.07) is 17.2. The Morgan fingerprint density at radius 1 is 1.00 bits per heavy atom. The van der Waals surface area contributed by atoms with Crippen LogP contribution < -0.4 is 0 Å². The molecule has 0 atom stereocenters. The minimum Gasteiger partial charge on any atom is -0.436 e. The van der Waals surface area contributed by atoms with Crippen LogP contribution in [0.5, 0.6) is 0 Å². The molecular weight excluding hydrogens is 369 g/mol. The second-order valence-electron chi connectivity index (χ2n) is 6.58. The molecule has 0 saturated heterocycles. The molecule has 2 aromatic heterocycles. The van der Waals surface area contributed by atoms with Gasteiger partial charge in [-0.3, -0.25) is 9.78 Å². The lowest BCUT2D eigenvalue weighted by molar-refractivity contribution is 0.0785. The fourth-order valence-corrected chi connectivity index (χ4v) is 3.08. The summed E-state index contributed by atoms with van der Waals surface area (Å²) in [4.78, 5) is 23.0. The maximum Gasteiger partial charge on any atom is 0.254 e. The predicted molar refractivity (Wildman–Crippen MR) is 107 cm³/mol. The number of carbonyl (C=O) groups is 1. The van der Waals surface area contributed by atoms with Crippen LogP contribution in [0.1, 0.15) is 15.9 Å². The number of aromatic nitrogens is 2. The molecular formula is C23H18FN3O2. The van der Waals surface area contributed by atoms with Gasteiger partial charge in [-0.1, -0.05) is 30.3 Å². The van der Waals surface area contributed by atoms with Crippen molar-refractivity contribution >= 4 is 5.91 Å². The monoisotopic (exact) mass is 387 g/mol. The molecule has 2 heterocycles. The predicted octanol–water partition coefficient (Wildman–Crippen LogP) is 4.81. The first-order chi connectivity index (χ1) is 14.1. The lowest BCUT2D eigenvalue weighted by atomic mass is 10.1. The Morgan fingerprint density at radius 2 is 1.76 bits per heavy atom. The third kappa shape index (κ3) is 3.91. The number of hydrogen-bond acceptors (Lipinski definition) is 4. The summed E-state index contributed by atoms with van der Waals surface area (Å²) in [6.45, 7) is 0.424. The number of amides is 1. The van der Waals surface area contributed by atoms with Gasteiger partial charge in [0.1, 0.15) is 5.82 Å². The van der Waals surface area contributed by atoms with Gasteiger partial charge in [0, 0.05) is 31.5 Å². The number of carbonyl (C=O) groups excluding carboxylic acids is 1. The first-order valence-corrected chi connectivity index (χ1v) is 9.08. The second kappa shape index (κ2) is 8.06. The smallest absolute Gasteiger partial charge is 0.254 e. The molecule has 0 bridgehead atoms. The number of pyridine rings is 1. The van der Waals surface area contributed by atoms with Crippen molar-refractivity contribution in [3.05, 3.63) is 96.2 Å². The van der Waals surface area contributed by atoms with Crippen molar-refractivity contribution in [2.24, 2.45) is 0 Å². The molecule has 1 amide bonds. The average Bonchev–Trinajstić information content (AvgIpc) is 3.24. The van der Waals surface area contributed by atoms with E-state index in [2.05, 4.69) is 9.97 Å². The fraction of sp³-hybridized carbons (Fsp3) is 0.0870.